The van der Waals surface area contributed by atoms with Crippen LogP contribution in [0.25, 0.3) is 11.0 Å². The van der Waals surface area contributed by atoms with Gasteiger partial charge in [-0.25, -0.2) is 14.8 Å². The summed E-state index contributed by atoms with van der Waals surface area (Å²) in [6.07, 6.45) is 3.47. The van der Waals surface area contributed by atoms with Gasteiger partial charge in [0.15, 0.2) is 0 Å². The van der Waals surface area contributed by atoms with Gasteiger partial charge in [0, 0.05) is 17.8 Å². The summed E-state index contributed by atoms with van der Waals surface area (Å²) in [5.74, 6) is 0.566. The number of H-pyrrole nitrogens is 1. The summed E-state index contributed by atoms with van der Waals surface area (Å²) in [7, 11) is 0. The number of aromatic amines is 1. The van der Waals surface area contributed by atoms with Crippen LogP contribution >= 0.6 is 11.6 Å². The molecule has 1 aliphatic heterocycles. The van der Waals surface area contributed by atoms with Gasteiger partial charge in [-0.15, -0.1) is 0 Å². The molecule has 1 aliphatic rings. The van der Waals surface area contributed by atoms with Crippen LogP contribution in [-0.4, -0.2) is 32.6 Å². The minimum Gasteiger partial charge on any atom is -0.478 e. The number of hydrogen-bond donors (Lipinski definition) is 2. The fourth-order valence-electron chi connectivity index (χ4n) is 3.19. The van der Waals surface area contributed by atoms with Crippen LogP contribution in [-0.2, 0) is 0 Å². The molecule has 1 atom stereocenters. The number of aromatic carboxylic acids is 1. The minimum atomic E-state index is -0.951. The van der Waals surface area contributed by atoms with Gasteiger partial charge in [-0.3, -0.25) is 0 Å². The molecule has 1 unspecified atom stereocenters. The lowest BCUT2D eigenvalue weighted by atomic mass is 10.2. The van der Waals surface area contributed by atoms with Gasteiger partial charge in [-0.1, -0.05) is 11.6 Å². The molecule has 7 heteroatoms. The molecule has 4 rings (SSSR count). The van der Waals surface area contributed by atoms with E-state index in [9.17, 15) is 9.90 Å². The first-order valence-electron chi connectivity index (χ1n) is 7.73. The zero-order valence-electron chi connectivity index (χ0n) is 12.7. The van der Waals surface area contributed by atoms with Gasteiger partial charge >= 0.3 is 5.97 Å². The van der Waals surface area contributed by atoms with Crippen LogP contribution in [0.3, 0.4) is 0 Å². The van der Waals surface area contributed by atoms with Gasteiger partial charge < -0.3 is 15.0 Å². The van der Waals surface area contributed by atoms with Crippen molar-refractivity contribution < 1.29 is 9.90 Å². The van der Waals surface area contributed by atoms with E-state index in [2.05, 4.69) is 19.9 Å². The maximum Gasteiger partial charge on any atom is 0.335 e. The lowest BCUT2D eigenvalue weighted by Crippen LogP contribution is -2.24. The molecule has 0 amide bonds. The highest BCUT2D eigenvalue weighted by Gasteiger charge is 2.30. The maximum absolute atomic E-state index is 11.2. The highest BCUT2D eigenvalue weighted by Crippen LogP contribution is 2.35. The van der Waals surface area contributed by atoms with Crippen molar-refractivity contribution in [3.8, 4) is 0 Å². The third kappa shape index (κ3) is 2.59. The van der Waals surface area contributed by atoms with Crippen LogP contribution in [0.2, 0.25) is 5.02 Å². The fraction of sp³-hybridized carbons (Fsp3) is 0.235. The molecule has 24 heavy (non-hydrogen) atoms. The smallest absolute Gasteiger partial charge is 0.335 e. The normalized spacial score (nSPS) is 17.5. The van der Waals surface area contributed by atoms with E-state index in [1.165, 1.54) is 12.3 Å². The van der Waals surface area contributed by atoms with Gasteiger partial charge in [0.05, 0.1) is 22.6 Å². The lowest BCUT2D eigenvalue weighted by molar-refractivity contribution is 0.0697. The summed E-state index contributed by atoms with van der Waals surface area (Å²) in [5, 5.41) is 9.84. The second-order valence-electron chi connectivity index (χ2n) is 5.84. The number of pyridine rings is 1. The van der Waals surface area contributed by atoms with E-state index in [4.69, 9.17) is 11.6 Å². The Morgan fingerprint density at radius 3 is 3.04 bits per heavy atom. The number of carboxylic acids is 1. The van der Waals surface area contributed by atoms with Gasteiger partial charge in [0.25, 0.3) is 0 Å². The number of nitrogens with one attached hydrogen (secondary N) is 1. The molecule has 0 bridgehead atoms. The molecule has 1 saturated heterocycles. The highest BCUT2D eigenvalue weighted by molar-refractivity contribution is 6.31. The van der Waals surface area contributed by atoms with Crippen molar-refractivity contribution in [1.29, 1.82) is 0 Å². The maximum atomic E-state index is 11.2. The van der Waals surface area contributed by atoms with E-state index in [0.717, 1.165) is 36.2 Å². The number of anilines is 1. The third-order valence-electron chi connectivity index (χ3n) is 4.32. The van der Waals surface area contributed by atoms with Crippen molar-refractivity contribution in [1.82, 2.24) is 15.0 Å². The monoisotopic (exact) mass is 342 g/mol. The first-order valence-corrected chi connectivity index (χ1v) is 8.11. The molecular formula is C17H15ClN4O2. The molecule has 0 radical (unpaired) electrons. The molecule has 3 aromatic rings. The van der Waals surface area contributed by atoms with Gasteiger partial charge in [-0.2, -0.15) is 0 Å². The van der Waals surface area contributed by atoms with Crippen molar-refractivity contribution >= 4 is 34.4 Å². The second kappa shape index (κ2) is 5.79. The van der Waals surface area contributed by atoms with Crippen LogP contribution < -0.4 is 4.90 Å². The van der Waals surface area contributed by atoms with E-state index < -0.39 is 5.97 Å². The van der Waals surface area contributed by atoms with Crippen molar-refractivity contribution in [2.75, 3.05) is 11.4 Å². The Morgan fingerprint density at radius 1 is 1.33 bits per heavy atom. The molecule has 0 saturated carbocycles. The predicted octanol–water partition coefficient (Wildman–Crippen LogP) is 3.65. The Labute approximate surface area is 143 Å². The van der Waals surface area contributed by atoms with Crippen molar-refractivity contribution in [2.45, 2.75) is 18.9 Å². The Balaban J connectivity index is 1.71. The van der Waals surface area contributed by atoms with E-state index in [1.54, 1.807) is 6.07 Å². The topological polar surface area (TPSA) is 82.1 Å². The predicted molar refractivity (Wildman–Crippen MR) is 91.6 cm³/mol. The van der Waals surface area contributed by atoms with Crippen molar-refractivity contribution in [3.63, 3.8) is 0 Å². The lowest BCUT2D eigenvalue weighted by Gasteiger charge is -2.24. The number of imidazole rings is 1. The van der Waals surface area contributed by atoms with Crippen molar-refractivity contribution in [3.05, 3.63) is 52.9 Å². The summed E-state index contributed by atoms with van der Waals surface area (Å²) in [6.45, 7) is 0.818. The van der Waals surface area contributed by atoms with E-state index in [0.29, 0.717) is 10.8 Å². The largest absolute Gasteiger partial charge is 0.478 e. The number of halogens is 1. The van der Waals surface area contributed by atoms with Crippen LogP contribution in [0.5, 0.6) is 0 Å². The average molecular weight is 343 g/mol. The molecule has 122 valence electrons. The van der Waals surface area contributed by atoms with Gasteiger partial charge in [-0.05, 0) is 43.2 Å². The average Bonchev–Trinajstić information content (AvgIpc) is 3.20. The molecule has 1 aromatic carbocycles. The van der Waals surface area contributed by atoms with E-state index >= 15 is 0 Å². The summed E-state index contributed by atoms with van der Waals surface area (Å²) in [6, 6.07) is 8.72. The first kappa shape index (κ1) is 15.0. The molecule has 0 aliphatic carbocycles. The summed E-state index contributed by atoms with van der Waals surface area (Å²) < 4.78 is 0. The molecule has 0 spiro atoms. The molecule has 2 N–H and O–H groups in total. The van der Waals surface area contributed by atoms with Gasteiger partial charge in [0.2, 0.25) is 0 Å². The standard InChI is InChI=1S/C17H15ClN4O2/c18-11-3-4-12-13(9-11)21-16(20-12)14-2-1-7-22(14)15-8-10(17(23)24)5-6-19-15/h3-6,8-9,14H,1-2,7H2,(H,20,21)(H,23,24). The number of carboxylic acid groups (broad SMARTS) is 1. The number of nitrogens with zero attached hydrogens (tertiary/aromatic N) is 3. The minimum absolute atomic E-state index is 0.0488. The fourth-order valence-corrected chi connectivity index (χ4v) is 3.37. The third-order valence-corrected chi connectivity index (χ3v) is 4.55. The number of aromatic nitrogens is 3. The van der Waals surface area contributed by atoms with Crippen LogP contribution in [0, 0.1) is 0 Å². The summed E-state index contributed by atoms with van der Waals surface area (Å²) in [5.41, 5.74) is 2.01. The Bertz CT molecular complexity index is 924. The molecule has 1 fully saturated rings. The summed E-state index contributed by atoms with van der Waals surface area (Å²) >= 11 is 6.04. The van der Waals surface area contributed by atoms with Crippen LogP contribution in [0.1, 0.15) is 35.1 Å². The summed E-state index contributed by atoms with van der Waals surface area (Å²) in [4.78, 5) is 25.6. The number of rotatable bonds is 3. The zero-order chi connectivity index (χ0) is 16.7. The molecule has 2 aromatic heterocycles. The Kier molecular flexibility index (Phi) is 3.61. The number of carbonyl (C=O) groups is 1. The quantitative estimate of drug-likeness (QED) is 0.759. The first-order chi connectivity index (χ1) is 11.6. The van der Waals surface area contributed by atoms with Crippen molar-refractivity contribution in [2.24, 2.45) is 0 Å². The number of fused-ring (bicyclic) bond motifs is 1. The molecular weight excluding hydrogens is 328 g/mol. The number of hydrogen-bond acceptors (Lipinski definition) is 4. The Morgan fingerprint density at radius 2 is 2.21 bits per heavy atom. The van der Waals surface area contributed by atoms with E-state index in [-0.39, 0.29) is 11.6 Å². The second-order valence-corrected chi connectivity index (χ2v) is 6.28. The SMILES string of the molecule is O=C(O)c1ccnc(N2CCCC2c2nc3ccc(Cl)cc3[nH]2)c1. The van der Waals surface area contributed by atoms with Crippen LogP contribution in [0.4, 0.5) is 5.82 Å². The number of benzene rings is 1. The van der Waals surface area contributed by atoms with Gasteiger partial charge in [0.1, 0.15) is 11.6 Å². The zero-order valence-corrected chi connectivity index (χ0v) is 13.5. The molecule has 6 nitrogen and oxygen atoms in total. The molecule has 3 heterocycles. The van der Waals surface area contributed by atoms with E-state index in [1.807, 2.05) is 18.2 Å². The highest BCUT2D eigenvalue weighted by atomic mass is 35.5. The van der Waals surface area contributed by atoms with Crippen LogP contribution in [0.15, 0.2) is 36.5 Å². The Hall–Kier alpha value is -2.60.